The highest BCUT2D eigenvalue weighted by atomic mass is 32.1. The highest BCUT2D eigenvalue weighted by molar-refractivity contribution is 7.13. The summed E-state index contributed by atoms with van der Waals surface area (Å²) in [5.74, 6) is -0.988. The number of nitrogens with zero attached hydrogens (tertiary/aromatic N) is 1. The maximum atomic E-state index is 12.4. The normalized spacial score (nSPS) is 11.7. The fraction of sp³-hybridized carbons (Fsp3) is 0.286. The van der Waals surface area contributed by atoms with Crippen LogP contribution in [0.3, 0.4) is 0 Å². The predicted molar refractivity (Wildman–Crippen MR) is 74.8 cm³/mol. The minimum Gasteiger partial charge on any atom is -0.481 e. The van der Waals surface area contributed by atoms with Crippen LogP contribution in [0.1, 0.15) is 19.5 Å². The van der Waals surface area contributed by atoms with Gasteiger partial charge in [0.15, 0.2) is 0 Å². The van der Waals surface area contributed by atoms with Gasteiger partial charge in [-0.05, 0) is 26.0 Å². The second kappa shape index (κ2) is 5.77. The minimum atomic E-state index is -2.93. The van der Waals surface area contributed by atoms with Gasteiger partial charge in [0.2, 0.25) is 0 Å². The SMILES string of the molecule is CC(C)(C(=O)O)c1csc(-c2ccccc2OC(F)F)n1. The molecule has 0 atom stereocenters. The highest BCUT2D eigenvalue weighted by Crippen LogP contribution is 2.35. The molecule has 1 N–H and O–H groups in total. The number of carboxylic acid groups (broad SMARTS) is 1. The molecule has 0 saturated carbocycles. The van der Waals surface area contributed by atoms with Crippen molar-refractivity contribution < 1.29 is 23.4 Å². The van der Waals surface area contributed by atoms with Gasteiger partial charge in [-0.15, -0.1) is 11.3 Å². The Balaban J connectivity index is 2.41. The molecule has 0 fully saturated rings. The molecule has 112 valence electrons. The Bertz CT molecular complexity index is 655. The summed E-state index contributed by atoms with van der Waals surface area (Å²) in [5.41, 5.74) is -0.357. The van der Waals surface area contributed by atoms with Crippen molar-refractivity contribution >= 4 is 17.3 Å². The quantitative estimate of drug-likeness (QED) is 0.912. The lowest BCUT2D eigenvalue weighted by Gasteiger charge is -2.15. The number of thiazole rings is 1. The van der Waals surface area contributed by atoms with Crippen molar-refractivity contribution in [2.75, 3.05) is 0 Å². The van der Waals surface area contributed by atoms with Crippen LogP contribution in [-0.2, 0) is 10.2 Å². The molecule has 7 heteroatoms. The summed E-state index contributed by atoms with van der Waals surface area (Å²) in [4.78, 5) is 15.5. The Kier molecular flexibility index (Phi) is 4.22. The fourth-order valence-corrected chi connectivity index (χ4v) is 2.65. The van der Waals surface area contributed by atoms with Crippen molar-refractivity contribution in [1.29, 1.82) is 0 Å². The van der Waals surface area contributed by atoms with Crippen LogP contribution in [0, 0.1) is 0 Å². The first-order valence-electron chi connectivity index (χ1n) is 6.06. The van der Waals surface area contributed by atoms with E-state index in [2.05, 4.69) is 9.72 Å². The molecule has 0 spiro atoms. The molecule has 0 unspecified atom stereocenters. The molecular formula is C14H13F2NO3S. The van der Waals surface area contributed by atoms with Crippen LogP contribution in [0.15, 0.2) is 29.6 Å². The van der Waals surface area contributed by atoms with E-state index in [0.29, 0.717) is 16.3 Å². The van der Waals surface area contributed by atoms with Crippen LogP contribution >= 0.6 is 11.3 Å². The van der Waals surface area contributed by atoms with E-state index in [9.17, 15) is 18.7 Å². The van der Waals surface area contributed by atoms with Gasteiger partial charge in [0.05, 0.1) is 11.3 Å². The molecule has 0 aliphatic rings. The molecule has 2 rings (SSSR count). The molecule has 1 heterocycles. The third-order valence-electron chi connectivity index (χ3n) is 3.01. The predicted octanol–water partition coefficient (Wildman–Crippen LogP) is 3.77. The first-order chi connectivity index (χ1) is 9.82. The van der Waals surface area contributed by atoms with Gasteiger partial charge in [-0.3, -0.25) is 4.79 Å². The topological polar surface area (TPSA) is 59.4 Å². The summed E-state index contributed by atoms with van der Waals surface area (Å²) >= 11 is 1.19. The molecule has 0 radical (unpaired) electrons. The highest BCUT2D eigenvalue weighted by Gasteiger charge is 2.32. The molecule has 4 nitrogen and oxygen atoms in total. The number of hydrogen-bond acceptors (Lipinski definition) is 4. The van der Waals surface area contributed by atoms with Crippen molar-refractivity contribution in [2.45, 2.75) is 25.9 Å². The molecule has 0 saturated heterocycles. The van der Waals surface area contributed by atoms with Crippen LogP contribution in [0.25, 0.3) is 10.6 Å². The van der Waals surface area contributed by atoms with Gasteiger partial charge in [-0.2, -0.15) is 8.78 Å². The number of para-hydroxylation sites is 1. The largest absolute Gasteiger partial charge is 0.481 e. The molecular weight excluding hydrogens is 300 g/mol. The molecule has 21 heavy (non-hydrogen) atoms. The third kappa shape index (κ3) is 3.18. The van der Waals surface area contributed by atoms with E-state index < -0.39 is 18.0 Å². The smallest absolute Gasteiger partial charge is 0.387 e. The number of ether oxygens (including phenoxy) is 1. The summed E-state index contributed by atoms with van der Waals surface area (Å²) in [7, 11) is 0. The molecule has 1 aromatic carbocycles. The van der Waals surface area contributed by atoms with Gasteiger partial charge in [-0.25, -0.2) is 4.98 Å². The van der Waals surface area contributed by atoms with Crippen LogP contribution in [-0.4, -0.2) is 22.7 Å². The lowest BCUT2D eigenvalue weighted by Crippen LogP contribution is -2.28. The maximum absolute atomic E-state index is 12.4. The number of hydrogen-bond donors (Lipinski definition) is 1. The lowest BCUT2D eigenvalue weighted by atomic mass is 9.90. The first-order valence-corrected chi connectivity index (χ1v) is 6.94. The monoisotopic (exact) mass is 313 g/mol. The number of aromatic nitrogens is 1. The molecule has 0 amide bonds. The first kappa shape index (κ1) is 15.4. The number of alkyl halides is 2. The van der Waals surface area contributed by atoms with Crippen LogP contribution in [0.2, 0.25) is 0 Å². The van der Waals surface area contributed by atoms with Crippen LogP contribution < -0.4 is 4.74 Å². The standard InChI is InChI=1S/C14H13F2NO3S/c1-14(2,12(18)19)10-7-21-11(17-10)8-5-3-4-6-9(8)20-13(15)16/h3-7,13H,1-2H3,(H,18,19). The van der Waals surface area contributed by atoms with Gasteiger partial charge >= 0.3 is 12.6 Å². The van der Waals surface area contributed by atoms with Gasteiger partial charge < -0.3 is 9.84 Å². The Morgan fingerprint density at radius 2 is 2.05 bits per heavy atom. The van der Waals surface area contributed by atoms with E-state index >= 15 is 0 Å². The Morgan fingerprint density at radius 3 is 2.67 bits per heavy atom. The average Bonchev–Trinajstić information content (AvgIpc) is 2.88. The number of carbonyl (C=O) groups is 1. The number of halogens is 2. The number of rotatable bonds is 5. The van der Waals surface area contributed by atoms with E-state index in [4.69, 9.17) is 0 Å². The van der Waals surface area contributed by atoms with E-state index in [1.54, 1.807) is 23.6 Å². The maximum Gasteiger partial charge on any atom is 0.387 e. The van der Waals surface area contributed by atoms with Crippen molar-refractivity contribution in [1.82, 2.24) is 4.98 Å². The molecule has 2 aromatic rings. The molecule has 0 bridgehead atoms. The zero-order chi connectivity index (χ0) is 15.6. The Morgan fingerprint density at radius 1 is 1.38 bits per heavy atom. The lowest BCUT2D eigenvalue weighted by molar-refractivity contribution is -0.142. The fourth-order valence-electron chi connectivity index (χ4n) is 1.64. The number of benzene rings is 1. The van der Waals surface area contributed by atoms with Crippen LogP contribution in [0.4, 0.5) is 8.78 Å². The Labute approximate surface area is 124 Å². The van der Waals surface area contributed by atoms with E-state index in [1.165, 1.54) is 31.3 Å². The summed E-state index contributed by atoms with van der Waals surface area (Å²) in [5, 5.41) is 11.2. The minimum absolute atomic E-state index is 0.0153. The summed E-state index contributed by atoms with van der Waals surface area (Å²) in [6.07, 6.45) is 0. The molecule has 0 aliphatic carbocycles. The van der Waals surface area contributed by atoms with Crippen molar-refractivity contribution in [3.05, 3.63) is 35.3 Å². The van der Waals surface area contributed by atoms with E-state index in [-0.39, 0.29) is 5.75 Å². The van der Waals surface area contributed by atoms with Gasteiger partial charge in [0.25, 0.3) is 0 Å². The average molecular weight is 313 g/mol. The second-order valence-corrected chi connectivity index (χ2v) is 5.70. The van der Waals surface area contributed by atoms with Crippen molar-refractivity contribution in [2.24, 2.45) is 0 Å². The van der Waals surface area contributed by atoms with Crippen molar-refractivity contribution in [3.8, 4) is 16.3 Å². The van der Waals surface area contributed by atoms with Gasteiger partial charge in [0.1, 0.15) is 16.2 Å². The zero-order valence-corrected chi connectivity index (χ0v) is 12.2. The third-order valence-corrected chi connectivity index (χ3v) is 3.89. The molecule has 0 aliphatic heterocycles. The summed E-state index contributed by atoms with van der Waals surface area (Å²) in [6, 6.07) is 6.28. The van der Waals surface area contributed by atoms with Crippen molar-refractivity contribution in [3.63, 3.8) is 0 Å². The number of carboxylic acids is 1. The van der Waals surface area contributed by atoms with Gasteiger partial charge in [-0.1, -0.05) is 12.1 Å². The van der Waals surface area contributed by atoms with E-state index in [1.807, 2.05) is 0 Å². The Hall–Kier alpha value is -2.02. The zero-order valence-electron chi connectivity index (χ0n) is 11.3. The second-order valence-electron chi connectivity index (χ2n) is 4.84. The summed E-state index contributed by atoms with van der Waals surface area (Å²) < 4.78 is 29.3. The molecule has 1 aromatic heterocycles. The van der Waals surface area contributed by atoms with E-state index in [0.717, 1.165) is 0 Å². The summed E-state index contributed by atoms with van der Waals surface area (Å²) in [6.45, 7) is 0.145. The van der Waals surface area contributed by atoms with Crippen LogP contribution in [0.5, 0.6) is 5.75 Å². The van der Waals surface area contributed by atoms with Gasteiger partial charge in [0, 0.05) is 5.38 Å². The number of aliphatic carboxylic acids is 1.